The third kappa shape index (κ3) is 17.5. The molecule has 1 aliphatic heterocycles. The fourth-order valence-corrected chi connectivity index (χ4v) is 4.71. The zero-order valence-corrected chi connectivity index (χ0v) is 24.6. The van der Waals surface area contributed by atoms with E-state index in [1.54, 1.807) is 0 Å². The number of nitrogens with zero attached hydrogens (tertiary/aromatic N) is 2. The van der Waals surface area contributed by atoms with E-state index in [1.807, 2.05) is 9.80 Å². The first-order valence-electron chi connectivity index (χ1n) is 15.2. The summed E-state index contributed by atoms with van der Waals surface area (Å²) in [5.41, 5.74) is 0. The lowest BCUT2D eigenvalue weighted by molar-refractivity contribution is -0.145. The summed E-state index contributed by atoms with van der Waals surface area (Å²) in [6, 6.07) is 0.0735. The summed E-state index contributed by atoms with van der Waals surface area (Å²) in [6.45, 7) is 15.8. The van der Waals surface area contributed by atoms with Crippen LogP contribution in [-0.4, -0.2) is 74.2 Å². The Morgan fingerprint density at radius 2 is 1.34 bits per heavy atom. The summed E-state index contributed by atoms with van der Waals surface area (Å²) in [4.78, 5) is 27.6. The average molecular weight is 537 g/mol. The monoisotopic (exact) mass is 536 g/mol. The van der Waals surface area contributed by atoms with Crippen molar-refractivity contribution < 1.29 is 23.8 Å². The first-order chi connectivity index (χ1) is 18.5. The Kier molecular flexibility index (Phi) is 20.5. The van der Waals surface area contributed by atoms with Gasteiger partial charge in [0, 0.05) is 6.54 Å². The molecule has 0 bridgehead atoms. The van der Waals surface area contributed by atoms with Gasteiger partial charge in [-0.2, -0.15) is 0 Å². The molecule has 38 heavy (non-hydrogen) atoms. The Bertz CT molecular complexity index is 622. The van der Waals surface area contributed by atoms with Gasteiger partial charge in [-0.1, -0.05) is 91.2 Å². The van der Waals surface area contributed by atoms with E-state index < -0.39 is 0 Å². The van der Waals surface area contributed by atoms with Gasteiger partial charge in [0.2, 0.25) is 6.41 Å². The molecule has 0 aliphatic carbocycles. The molecule has 0 aromatic rings. The highest BCUT2D eigenvalue weighted by Crippen LogP contribution is 2.17. The molecule has 1 aliphatic rings. The van der Waals surface area contributed by atoms with Crippen LogP contribution in [0, 0.1) is 0 Å². The van der Waals surface area contributed by atoms with Crippen molar-refractivity contribution >= 4 is 12.4 Å². The second-order valence-electron chi connectivity index (χ2n) is 10.6. The molecule has 1 atom stereocenters. The maximum atomic E-state index is 12.6. The van der Waals surface area contributed by atoms with Crippen molar-refractivity contribution in [3.8, 4) is 0 Å². The van der Waals surface area contributed by atoms with Gasteiger partial charge >= 0.3 is 5.97 Å². The molecule has 7 heteroatoms. The number of ether oxygens (including phenoxy) is 3. The molecule has 7 nitrogen and oxygen atoms in total. The summed E-state index contributed by atoms with van der Waals surface area (Å²) in [6.07, 6.45) is 18.1. The van der Waals surface area contributed by atoms with Gasteiger partial charge in [-0.05, 0) is 32.1 Å². The van der Waals surface area contributed by atoms with E-state index in [2.05, 4.69) is 27.0 Å². The van der Waals surface area contributed by atoms with Gasteiger partial charge in [-0.3, -0.25) is 14.5 Å². The predicted octanol–water partition coefficient (Wildman–Crippen LogP) is 6.62. The Morgan fingerprint density at radius 1 is 0.789 bits per heavy atom. The van der Waals surface area contributed by atoms with Crippen molar-refractivity contribution in [1.82, 2.24) is 9.80 Å². The fraction of sp³-hybridized carbons (Fsp3) is 0.806. The molecule has 0 saturated carbocycles. The maximum absolute atomic E-state index is 12.6. The lowest BCUT2D eigenvalue weighted by Crippen LogP contribution is -2.41. The molecule has 0 radical (unpaired) electrons. The van der Waals surface area contributed by atoms with E-state index in [0.29, 0.717) is 44.4 Å². The highest BCUT2D eigenvalue weighted by Gasteiger charge is 2.22. The number of carbonyl (C=O) groups is 2. The van der Waals surface area contributed by atoms with Gasteiger partial charge in [0.15, 0.2) is 0 Å². The third-order valence-electron chi connectivity index (χ3n) is 7.01. The summed E-state index contributed by atoms with van der Waals surface area (Å²) < 4.78 is 17.3. The molecule has 0 aromatic carbocycles. The second kappa shape index (κ2) is 22.9. The minimum atomic E-state index is -0.255. The van der Waals surface area contributed by atoms with Crippen molar-refractivity contribution in [3.63, 3.8) is 0 Å². The normalized spacial score (nSPS) is 15.3. The molecular weight excluding hydrogens is 480 g/mol. The minimum absolute atomic E-state index is 0.0735. The molecule has 1 unspecified atom stereocenters. The number of esters is 1. The van der Waals surface area contributed by atoms with Crippen LogP contribution < -0.4 is 0 Å². The first kappa shape index (κ1) is 34.0. The van der Waals surface area contributed by atoms with Crippen molar-refractivity contribution in [1.29, 1.82) is 0 Å². The smallest absolute Gasteiger partial charge is 0.320 e. The number of hydrogen-bond donors (Lipinski definition) is 0. The van der Waals surface area contributed by atoms with E-state index >= 15 is 0 Å². The fourth-order valence-electron chi connectivity index (χ4n) is 4.71. The van der Waals surface area contributed by atoms with Crippen LogP contribution in [0.2, 0.25) is 0 Å². The van der Waals surface area contributed by atoms with Gasteiger partial charge in [-0.15, -0.1) is 0 Å². The zero-order chi connectivity index (χ0) is 27.8. The van der Waals surface area contributed by atoms with E-state index in [0.717, 1.165) is 57.9 Å². The maximum Gasteiger partial charge on any atom is 0.320 e. The lowest BCUT2D eigenvalue weighted by atomic mass is 10.0. The molecule has 220 valence electrons. The van der Waals surface area contributed by atoms with Crippen LogP contribution in [0.4, 0.5) is 0 Å². The Hall–Kier alpha value is -2.02. The van der Waals surface area contributed by atoms with Gasteiger partial charge in [0.25, 0.3) is 0 Å². The first-order valence-corrected chi connectivity index (χ1v) is 15.2. The van der Waals surface area contributed by atoms with E-state index in [4.69, 9.17) is 14.2 Å². The number of amides is 1. The van der Waals surface area contributed by atoms with E-state index in [1.165, 1.54) is 51.4 Å². The summed E-state index contributed by atoms with van der Waals surface area (Å²) in [7, 11) is 0. The number of carbonyl (C=O) groups excluding carboxylic acids is 2. The lowest BCUT2D eigenvalue weighted by Gasteiger charge is -2.33. The van der Waals surface area contributed by atoms with Crippen LogP contribution in [0.5, 0.6) is 0 Å². The molecular formula is C31H56N2O5. The number of unbranched alkanes of at least 4 members (excludes halogenated alkanes) is 10. The number of rotatable bonds is 25. The van der Waals surface area contributed by atoms with Crippen LogP contribution >= 0.6 is 0 Å². The van der Waals surface area contributed by atoms with Gasteiger partial charge in [0.05, 0.1) is 38.9 Å². The van der Waals surface area contributed by atoms with Crippen LogP contribution in [0.1, 0.15) is 110 Å². The highest BCUT2D eigenvalue weighted by molar-refractivity contribution is 5.71. The van der Waals surface area contributed by atoms with E-state index in [9.17, 15) is 9.59 Å². The molecule has 1 heterocycles. The van der Waals surface area contributed by atoms with Gasteiger partial charge < -0.3 is 19.1 Å². The molecule has 0 aromatic heterocycles. The summed E-state index contributed by atoms with van der Waals surface area (Å²) >= 11 is 0. The molecule has 1 amide bonds. The quantitative estimate of drug-likeness (QED) is 0.0565. The summed E-state index contributed by atoms with van der Waals surface area (Å²) in [5.74, 6) is 0.942. The molecule has 1 rings (SSSR count). The van der Waals surface area contributed by atoms with Crippen molar-refractivity contribution in [2.24, 2.45) is 0 Å². The number of hydrogen-bond acceptors (Lipinski definition) is 6. The van der Waals surface area contributed by atoms with Crippen LogP contribution in [0.15, 0.2) is 24.7 Å². The van der Waals surface area contributed by atoms with Crippen molar-refractivity contribution in [2.75, 3.05) is 46.0 Å². The van der Waals surface area contributed by atoms with E-state index in [-0.39, 0.29) is 18.6 Å². The Morgan fingerprint density at radius 3 is 1.95 bits per heavy atom. The minimum Gasteiger partial charge on any atom is -0.497 e. The van der Waals surface area contributed by atoms with Gasteiger partial charge in [0.1, 0.15) is 18.1 Å². The Balaban J connectivity index is 2.47. The third-order valence-corrected chi connectivity index (χ3v) is 7.01. The molecule has 1 saturated heterocycles. The Labute approximate surface area is 232 Å². The largest absolute Gasteiger partial charge is 0.497 e. The molecule has 0 N–H and O–H groups in total. The van der Waals surface area contributed by atoms with Gasteiger partial charge in [-0.25, -0.2) is 0 Å². The number of likely N-dealkylation sites (tertiary alicyclic amines) is 1. The topological polar surface area (TPSA) is 68.3 Å². The predicted molar refractivity (Wildman–Crippen MR) is 155 cm³/mol. The highest BCUT2D eigenvalue weighted by atomic mass is 16.5. The van der Waals surface area contributed by atoms with Crippen LogP contribution in [-0.2, 0) is 23.8 Å². The standard InChI is InChI=1S/C31H56N2O5/c1-5-7-9-11-13-17-21-36-28(3)23-32(25-31(35)37-22-18-14-12-10-8-6-2)24-29(4)38-26-30-19-15-16-20-33(30)27-34/h27,30H,3-26H2,1-2H3. The van der Waals surface area contributed by atoms with Crippen LogP contribution in [0.3, 0.4) is 0 Å². The van der Waals surface area contributed by atoms with Crippen LogP contribution in [0.25, 0.3) is 0 Å². The van der Waals surface area contributed by atoms with Crippen molar-refractivity contribution in [3.05, 3.63) is 24.7 Å². The average Bonchev–Trinajstić information content (AvgIpc) is 2.91. The zero-order valence-electron chi connectivity index (χ0n) is 24.6. The van der Waals surface area contributed by atoms with Crippen molar-refractivity contribution in [2.45, 2.75) is 116 Å². The number of piperidine rings is 1. The SMILES string of the molecule is C=C(CN(CC(=C)OCC1CCCCN1C=O)CC(=O)OCCCCCCCC)OCCCCCCCC. The second-order valence-corrected chi connectivity index (χ2v) is 10.6. The summed E-state index contributed by atoms with van der Waals surface area (Å²) in [5, 5.41) is 0. The molecule has 0 spiro atoms. The molecule has 1 fully saturated rings.